The standard InChI is InChI=1S/C14H19N3/c1-17-8-5-12-13(17)9-11(10-16-12)14(15)6-3-2-4-7-14/h5,8-10H,2-4,6-7,15H2,1H3. The molecule has 1 fully saturated rings. The topological polar surface area (TPSA) is 43.8 Å². The summed E-state index contributed by atoms with van der Waals surface area (Å²) in [5.74, 6) is 0. The highest BCUT2D eigenvalue weighted by Crippen LogP contribution is 2.35. The van der Waals surface area contributed by atoms with Crippen molar-refractivity contribution in [2.75, 3.05) is 0 Å². The van der Waals surface area contributed by atoms with Crippen LogP contribution in [0.4, 0.5) is 0 Å². The molecule has 1 aliphatic rings. The fourth-order valence-corrected chi connectivity index (χ4v) is 2.88. The number of rotatable bonds is 1. The third-order valence-corrected chi connectivity index (χ3v) is 4.05. The van der Waals surface area contributed by atoms with Crippen LogP contribution >= 0.6 is 0 Å². The van der Waals surface area contributed by atoms with Gasteiger partial charge >= 0.3 is 0 Å². The van der Waals surface area contributed by atoms with Gasteiger partial charge in [-0.05, 0) is 30.5 Å². The summed E-state index contributed by atoms with van der Waals surface area (Å²) in [7, 11) is 2.05. The number of fused-ring (bicyclic) bond motifs is 1. The first-order chi connectivity index (χ1) is 8.19. The Labute approximate surface area is 102 Å². The summed E-state index contributed by atoms with van der Waals surface area (Å²) < 4.78 is 2.11. The van der Waals surface area contributed by atoms with Crippen LogP contribution in [-0.2, 0) is 12.6 Å². The lowest BCUT2D eigenvalue weighted by molar-refractivity contribution is 0.302. The first-order valence-corrected chi connectivity index (χ1v) is 6.39. The molecule has 3 heteroatoms. The van der Waals surface area contributed by atoms with Crippen molar-refractivity contribution in [1.29, 1.82) is 0 Å². The molecule has 17 heavy (non-hydrogen) atoms. The molecule has 1 saturated carbocycles. The minimum atomic E-state index is -0.149. The van der Waals surface area contributed by atoms with E-state index in [4.69, 9.17) is 5.73 Å². The van der Waals surface area contributed by atoms with E-state index in [1.165, 1.54) is 30.3 Å². The Morgan fingerprint density at radius 3 is 2.82 bits per heavy atom. The number of pyridine rings is 1. The number of aryl methyl sites for hydroxylation is 1. The van der Waals surface area contributed by atoms with Crippen molar-refractivity contribution in [1.82, 2.24) is 9.55 Å². The third kappa shape index (κ3) is 1.75. The quantitative estimate of drug-likeness (QED) is 0.817. The van der Waals surface area contributed by atoms with Crippen LogP contribution < -0.4 is 5.73 Å². The average molecular weight is 229 g/mol. The Hall–Kier alpha value is -1.35. The molecule has 0 unspecified atom stereocenters. The fourth-order valence-electron chi connectivity index (χ4n) is 2.88. The van der Waals surface area contributed by atoms with E-state index >= 15 is 0 Å². The van der Waals surface area contributed by atoms with Crippen molar-refractivity contribution in [2.45, 2.75) is 37.6 Å². The zero-order valence-corrected chi connectivity index (χ0v) is 10.3. The predicted octanol–water partition coefficient (Wildman–Crippen LogP) is 2.69. The fraction of sp³-hybridized carbons (Fsp3) is 0.500. The van der Waals surface area contributed by atoms with Crippen LogP contribution in [0.2, 0.25) is 0 Å². The first-order valence-electron chi connectivity index (χ1n) is 6.39. The van der Waals surface area contributed by atoms with Gasteiger partial charge in [0.05, 0.1) is 11.0 Å². The highest BCUT2D eigenvalue weighted by molar-refractivity contribution is 5.76. The van der Waals surface area contributed by atoms with Crippen molar-refractivity contribution in [3.05, 3.63) is 30.1 Å². The molecular formula is C14H19N3. The highest BCUT2D eigenvalue weighted by atomic mass is 14.9. The monoisotopic (exact) mass is 229 g/mol. The number of hydrogen-bond acceptors (Lipinski definition) is 2. The molecule has 0 spiro atoms. The van der Waals surface area contributed by atoms with Crippen LogP contribution in [0.25, 0.3) is 11.0 Å². The molecular weight excluding hydrogens is 210 g/mol. The molecule has 0 radical (unpaired) electrons. The van der Waals surface area contributed by atoms with Gasteiger partial charge < -0.3 is 10.3 Å². The van der Waals surface area contributed by atoms with Crippen molar-refractivity contribution in [2.24, 2.45) is 12.8 Å². The van der Waals surface area contributed by atoms with Gasteiger partial charge in [-0.2, -0.15) is 0 Å². The first kappa shape index (κ1) is 10.8. The highest BCUT2D eigenvalue weighted by Gasteiger charge is 2.29. The summed E-state index contributed by atoms with van der Waals surface area (Å²) in [6, 6.07) is 4.26. The van der Waals surface area contributed by atoms with Crippen LogP contribution in [0.15, 0.2) is 24.5 Å². The molecule has 2 aromatic heterocycles. The second-order valence-electron chi connectivity index (χ2n) is 5.27. The van der Waals surface area contributed by atoms with Gasteiger partial charge in [-0.3, -0.25) is 4.98 Å². The normalized spacial score (nSPS) is 19.6. The van der Waals surface area contributed by atoms with Gasteiger partial charge in [0, 0.05) is 25.0 Å². The number of nitrogens with zero attached hydrogens (tertiary/aromatic N) is 2. The Kier molecular flexibility index (Phi) is 2.44. The smallest absolute Gasteiger partial charge is 0.0881 e. The van der Waals surface area contributed by atoms with Crippen LogP contribution in [0.1, 0.15) is 37.7 Å². The van der Waals surface area contributed by atoms with Gasteiger partial charge in [-0.1, -0.05) is 19.3 Å². The Balaban J connectivity index is 2.07. The summed E-state index contributed by atoms with van der Waals surface area (Å²) in [4.78, 5) is 4.52. The molecule has 2 N–H and O–H groups in total. The molecule has 3 rings (SSSR count). The van der Waals surface area contributed by atoms with E-state index in [9.17, 15) is 0 Å². The van der Waals surface area contributed by atoms with Crippen molar-refractivity contribution < 1.29 is 0 Å². The maximum absolute atomic E-state index is 6.54. The molecule has 3 nitrogen and oxygen atoms in total. The zero-order chi connectivity index (χ0) is 11.9. The van der Waals surface area contributed by atoms with Crippen LogP contribution in [0.5, 0.6) is 0 Å². The summed E-state index contributed by atoms with van der Waals surface area (Å²) in [5.41, 5.74) is 9.82. The van der Waals surface area contributed by atoms with E-state index in [2.05, 4.69) is 22.7 Å². The van der Waals surface area contributed by atoms with E-state index in [0.717, 1.165) is 18.4 Å². The lowest BCUT2D eigenvalue weighted by Gasteiger charge is -2.33. The molecule has 2 heterocycles. The van der Waals surface area contributed by atoms with Crippen LogP contribution in [0, 0.1) is 0 Å². The minimum absolute atomic E-state index is 0.149. The lowest BCUT2D eigenvalue weighted by atomic mass is 9.78. The van der Waals surface area contributed by atoms with E-state index in [0.29, 0.717) is 0 Å². The van der Waals surface area contributed by atoms with Gasteiger partial charge in [0.25, 0.3) is 0 Å². The summed E-state index contributed by atoms with van der Waals surface area (Å²) in [6.45, 7) is 0. The molecule has 0 saturated heterocycles. The van der Waals surface area contributed by atoms with E-state index in [1.54, 1.807) is 0 Å². The zero-order valence-electron chi connectivity index (χ0n) is 10.3. The Morgan fingerprint density at radius 1 is 1.29 bits per heavy atom. The largest absolute Gasteiger partial charge is 0.349 e. The van der Waals surface area contributed by atoms with Crippen LogP contribution in [-0.4, -0.2) is 9.55 Å². The molecule has 1 aliphatic carbocycles. The van der Waals surface area contributed by atoms with Crippen molar-refractivity contribution >= 4 is 11.0 Å². The van der Waals surface area contributed by atoms with Crippen molar-refractivity contribution in [3.63, 3.8) is 0 Å². The van der Waals surface area contributed by atoms with E-state index < -0.39 is 0 Å². The van der Waals surface area contributed by atoms with E-state index in [-0.39, 0.29) is 5.54 Å². The summed E-state index contributed by atoms with van der Waals surface area (Å²) >= 11 is 0. The minimum Gasteiger partial charge on any atom is -0.349 e. The number of nitrogens with two attached hydrogens (primary N) is 1. The van der Waals surface area contributed by atoms with Gasteiger partial charge in [0.15, 0.2) is 0 Å². The second-order valence-corrected chi connectivity index (χ2v) is 5.27. The van der Waals surface area contributed by atoms with Crippen LogP contribution in [0.3, 0.4) is 0 Å². The molecule has 0 aliphatic heterocycles. The Bertz CT molecular complexity index is 535. The van der Waals surface area contributed by atoms with Gasteiger partial charge in [0.2, 0.25) is 0 Å². The molecule has 0 bridgehead atoms. The third-order valence-electron chi connectivity index (χ3n) is 4.05. The second kappa shape index (κ2) is 3.84. The lowest BCUT2D eigenvalue weighted by Crippen LogP contribution is -2.38. The molecule has 0 atom stereocenters. The number of aromatic nitrogens is 2. The SMILES string of the molecule is Cn1ccc2ncc(C3(N)CCCCC3)cc21. The molecule has 0 aromatic carbocycles. The molecule has 90 valence electrons. The average Bonchev–Trinajstić information content (AvgIpc) is 2.72. The van der Waals surface area contributed by atoms with Gasteiger partial charge in [-0.15, -0.1) is 0 Å². The maximum Gasteiger partial charge on any atom is 0.0881 e. The predicted molar refractivity (Wildman–Crippen MR) is 69.7 cm³/mol. The maximum atomic E-state index is 6.54. The summed E-state index contributed by atoms with van der Waals surface area (Å²) in [6.07, 6.45) is 9.98. The van der Waals surface area contributed by atoms with Gasteiger partial charge in [-0.25, -0.2) is 0 Å². The Morgan fingerprint density at radius 2 is 2.06 bits per heavy atom. The van der Waals surface area contributed by atoms with Gasteiger partial charge in [0.1, 0.15) is 0 Å². The van der Waals surface area contributed by atoms with E-state index in [1.807, 2.05) is 18.5 Å². The van der Waals surface area contributed by atoms with Crippen molar-refractivity contribution in [3.8, 4) is 0 Å². The summed E-state index contributed by atoms with van der Waals surface area (Å²) in [5, 5.41) is 0. The number of hydrogen-bond donors (Lipinski definition) is 1. The molecule has 2 aromatic rings. The molecule has 0 amide bonds.